The summed E-state index contributed by atoms with van der Waals surface area (Å²) in [5.41, 5.74) is 4.05. The number of anilines is 4. The lowest BCUT2D eigenvalue weighted by Crippen LogP contribution is -2.05. The summed E-state index contributed by atoms with van der Waals surface area (Å²) in [7, 11) is 0. The number of rotatable bonds is 6. The minimum absolute atomic E-state index is 0.321. The maximum Gasteiger partial charge on any atom is 0.338 e. The van der Waals surface area contributed by atoms with E-state index in [9.17, 15) is 4.79 Å². The zero-order valence-electron chi connectivity index (χ0n) is 15.8. The smallest absolute Gasteiger partial charge is 0.338 e. The van der Waals surface area contributed by atoms with Crippen LogP contribution in [0.4, 0.5) is 23.1 Å². The van der Waals surface area contributed by atoms with E-state index in [1.165, 1.54) is 6.20 Å². The van der Waals surface area contributed by atoms with E-state index in [1.807, 2.05) is 26.0 Å². The first-order valence-corrected chi connectivity index (χ1v) is 9.11. The number of carbonyl (C=O) groups is 1. The summed E-state index contributed by atoms with van der Waals surface area (Å²) >= 11 is 6.33. The van der Waals surface area contributed by atoms with Crippen LogP contribution in [0.2, 0.25) is 5.02 Å². The number of aryl methyl sites for hydroxylation is 2. The van der Waals surface area contributed by atoms with Gasteiger partial charge in [-0.25, -0.2) is 4.79 Å². The van der Waals surface area contributed by atoms with Gasteiger partial charge in [0.25, 0.3) is 0 Å². The average molecular weight is 398 g/mol. The van der Waals surface area contributed by atoms with E-state index in [4.69, 9.17) is 16.3 Å². The molecule has 0 fully saturated rings. The molecule has 0 saturated heterocycles. The lowest BCUT2D eigenvalue weighted by atomic mass is 10.1. The minimum atomic E-state index is -0.352. The van der Waals surface area contributed by atoms with Crippen LogP contribution in [-0.2, 0) is 4.74 Å². The number of esters is 1. The van der Waals surface area contributed by atoms with Gasteiger partial charge in [0.2, 0.25) is 5.95 Å². The molecule has 0 aliphatic heterocycles. The molecule has 8 heteroatoms. The quantitative estimate of drug-likeness (QED) is 0.577. The molecule has 0 saturated carbocycles. The van der Waals surface area contributed by atoms with E-state index in [0.717, 1.165) is 22.5 Å². The van der Waals surface area contributed by atoms with Crippen molar-refractivity contribution in [1.29, 1.82) is 0 Å². The normalized spacial score (nSPS) is 10.4. The summed E-state index contributed by atoms with van der Waals surface area (Å²) in [4.78, 5) is 16.1. The Kier molecular flexibility index (Phi) is 6.06. The van der Waals surface area contributed by atoms with Crippen LogP contribution in [0.3, 0.4) is 0 Å². The van der Waals surface area contributed by atoms with Crippen LogP contribution < -0.4 is 10.6 Å². The third-order valence-corrected chi connectivity index (χ3v) is 4.19. The lowest BCUT2D eigenvalue weighted by molar-refractivity contribution is 0.0526. The van der Waals surface area contributed by atoms with Crippen molar-refractivity contribution in [2.75, 3.05) is 17.2 Å². The molecule has 0 unspecified atom stereocenters. The summed E-state index contributed by atoms with van der Waals surface area (Å²) < 4.78 is 4.98. The van der Waals surface area contributed by atoms with E-state index in [1.54, 1.807) is 31.2 Å². The van der Waals surface area contributed by atoms with Crippen molar-refractivity contribution in [3.8, 4) is 0 Å². The maximum atomic E-state index is 11.7. The van der Waals surface area contributed by atoms with Crippen LogP contribution >= 0.6 is 11.6 Å². The second-order valence-electron chi connectivity index (χ2n) is 6.15. The minimum Gasteiger partial charge on any atom is -0.462 e. The molecule has 144 valence electrons. The number of benzene rings is 2. The molecular formula is C20H20ClN5O2. The number of nitrogens with one attached hydrogen (secondary N) is 2. The van der Waals surface area contributed by atoms with Crippen molar-refractivity contribution in [3.05, 3.63) is 64.3 Å². The van der Waals surface area contributed by atoms with Gasteiger partial charge in [-0.1, -0.05) is 17.7 Å². The molecule has 1 aromatic heterocycles. The Morgan fingerprint density at radius 3 is 2.57 bits per heavy atom. The SMILES string of the molecule is CCOC(=O)c1ccc(Nc2cnnc(Nc3c(C)cc(C)cc3Cl)n2)cc1. The number of carbonyl (C=O) groups excluding carboxylic acids is 1. The Morgan fingerprint density at radius 1 is 1.14 bits per heavy atom. The largest absolute Gasteiger partial charge is 0.462 e. The van der Waals surface area contributed by atoms with E-state index < -0.39 is 0 Å². The van der Waals surface area contributed by atoms with E-state index >= 15 is 0 Å². The second-order valence-corrected chi connectivity index (χ2v) is 6.56. The highest BCUT2D eigenvalue weighted by atomic mass is 35.5. The molecular weight excluding hydrogens is 378 g/mol. The summed E-state index contributed by atoms with van der Waals surface area (Å²) in [6, 6.07) is 10.8. The molecule has 0 spiro atoms. The van der Waals surface area contributed by atoms with Crippen LogP contribution in [0, 0.1) is 13.8 Å². The molecule has 0 aliphatic carbocycles. The van der Waals surface area contributed by atoms with Crippen molar-refractivity contribution < 1.29 is 9.53 Å². The first kappa shape index (κ1) is 19.6. The van der Waals surface area contributed by atoms with Crippen LogP contribution in [0.5, 0.6) is 0 Å². The van der Waals surface area contributed by atoms with Crippen LogP contribution in [0.15, 0.2) is 42.6 Å². The molecule has 0 amide bonds. The fraction of sp³-hybridized carbons (Fsp3) is 0.200. The van der Waals surface area contributed by atoms with Gasteiger partial charge in [-0.2, -0.15) is 10.1 Å². The number of aromatic nitrogens is 3. The third-order valence-electron chi connectivity index (χ3n) is 3.90. The zero-order valence-corrected chi connectivity index (χ0v) is 16.5. The van der Waals surface area contributed by atoms with Gasteiger partial charge in [0.1, 0.15) is 0 Å². The first-order valence-electron chi connectivity index (χ1n) is 8.74. The molecule has 0 atom stereocenters. The van der Waals surface area contributed by atoms with Crippen LogP contribution in [0.1, 0.15) is 28.4 Å². The van der Waals surface area contributed by atoms with Gasteiger partial charge in [-0.3, -0.25) is 0 Å². The maximum absolute atomic E-state index is 11.7. The number of halogens is 1. The average Bonchev–Trinajstić information content (AvgIpc) is 2.66. The highest BCUT2D eigenvalue weighted by molar-refractivity contribution is 6.33. The summed E-state index contributed by atoms with van der Waals surface area (Å²) in [6.45, 7) is 6.05. The van der Waals surface area contributed by atoms with Crippen molar-refractivity contribution in [3.63, 3.8) is 0 Å². The van der Waals surface area contributed by atoms with Crippen molar-refractivity contribution in [1.82, 2.24) is 15.2 Å². The molecule has 0 aliphatic rings. The Morgan fingerprint density at radius 2 is 1.89 bits per heavy atom. The molecule has 3 rings (SSSR count). The molecule has 7 nitrogen and oxygen atoms in total. The van der Waals surface area contributed by atoms with Gasteiger partial charge in [0.15, 0.2) is 5.82 Å². The fourth-order valence-corrected chi connectivity index (χ4v) is 3.02. The molecule has 0 radical (unpaired) electrons. The summed E-state index contributed by atoms with van der Waals surface area (Å²) in [5, 5.41) is 14.8. The molecule has 2 N–H and O–H groups in total. The predicted molar refractivity (Wildman–Crippen MR) is 110 cm³/mol. The van der Waals surface area contributed by atoms with Gasteiger partial charge >= 0.3 is 5.97 Å². The topological polar surface area (TPSA) is 89.0 Å². The van der Waals surface area contributed by atoms with Crippen molar-refractivity contribution in [2.45, 2.75) is 20.8 Å². The molecule has 2 aromatic carbocycles. The molecule has 0 bridgehead atoms. The molecule has 28 heavy (non-hydrogen) atoms. The van der Waals surface area contributed by atoms with Gasteiger partial charge in [0.05, 0.1) is 29.1 Å². The Balaban J connectivity index is 1.74. The number of nitrogens with zero attached hydrogens (tertiary/aromatic N) is 3. The predicted octanol–water partition coefficient (Wildman–Crippen LogP) is 4.81. The lowest BCUT2D eigenvalue weighted by Gasteiger charge is -2.12. The molecule has 1 heterocycles. The van der Waals surface area contributed by atoms with Crippen molar-refractivity contribution in [2.24, 2.45) is 0 Å². The van der Waals surface area contributed by atoms with Gasteiger partial charge in [-0.05, 0) is 62.2 Å². The fourth-order valence-electron chi connectivity index (χ4n) is 2.65. The van der Waals surface area contributed by atoms with Gasteiger partial charge in [-0.15, -0.1) is 5.10 Å². The second kappa shape index (κ2) is 8.67. The monoisotopic (exact) mass is 397 g/mol. The van der Waals surface area contributed by atoms with E-state index in [-0.39, 0.29) is 5.97 Å². The molecule has 3 aromatic rings. The van der Waals surface area contributed by atoms with Crippen molar-refractivity contribution >= 4 is 40.7 Å². The highest BCUT2D eigenvalue weighted by Gasteiger charge is 2.09. The summed E-state index contributed by atoms with van der Waals surface area (Å²) in [6.07, 6.45) is 1.51. The van der Waals surface area contributed by atoms with E-state index in [2.05, 4.69) is 25.8 Å². The number of ether oxygens (including phenoxy) is 1. The standard InChI is InChI=1S/C20H20ClN5O2/c1-4-28-19(27)14-5-7-15(8-6-14)23-17-11-22-26-20(24-17)25-18-13(3)9-12(2)10-16(18)21/h5-11H,4H2,1-3H3,(H2,23,24,25,26). The van der Waals surface area contributed by atoms with Gasteiger partial charge < -0.3 is 15.4 Å². The Bertz CT molecular complexity index is 969. The zero-order chi connectivity index (χ0) is 20.1. The first-order chi connectivity index (χ1) is 13.5. The number of hydrogen-bond donors (Lipinski definition) is 2. The third kappa shape index (κ3) is 4.75. The number of hydrogen-bond acceptors (Lipinski definition) is 7. The highest BCUT2D eigenvalue weighted by Crippen LogP contribution is 2.29. The summed E-state index contributed by atoms with van der Waals surface area (Å²) in [5.74, 6) is 0.471. The van der Waals surface area contributed by atoms with E-state index in [0.29, 0.717) is 29.0 Å². The Labute approximate surface area is 168 Å². The van der Waals surface area contributed by atoms with Crippen LogP contribution in [0.25, 0.3) is 0 Å². The van der Waals surface area contributed by atoms with Crippen LogP contribution in [-0.4, -0.2) is 27.8 Å². The Hall–Kier alpha value is -3.19. The van der Waals surface area contributed by atoms with Gasteiger partial charge in [0, 0.05) is 5.69 Å².